The van der Waals surface area contributed by atoms with Crippen LogP contribution in [0.3, 0.4) is 0 Å². The minimum atomic E-state index is 0.323. The SMILES string of the molecule is CC1CN(C2CCN(Cc3ccccc3)CC2)C(Cc2ccc(Cl)cc2)CO1. The molecule has 0 spiro atoms. The van der Waals surface area contributed by atoms with Crippen molar-refractivity contribution in [3.05, 3.63) is 70.7 Å². The standard InChI is InChI=1S/C24H31ClN2O/c1-19-16-27(24(18-28-19)15-20-7-9-22(25)10-8-20)23-11-13-26(14-12-23)17-21-5-3-2-4-6-21/h2-10,19,23-24H,11-18H2,1H3. The van der Waals surface area contributed by atoms with Crippen molar-refractivity contribution in [1.82, 2.24) is 9.80 Å². The fourth-order valence-corrected chi connectivity index (χ4v) is 4.76. The third-order valence-electron chi connectivity index (χ3n) is 6.17. The second-order valence-corrected chi connectivity index (χ2v) is 8.75. The summed E-state index contributed by atoms with van der Waals surface area (Å²) in [5.74, 6) is 0. The van der Waals surface area contributed by atoms with Crippen molar-refractivity contribution in [3.63, 3.8) is 0 Å². The lowest BCUT2D eigenvalue weighted by atomic mass is 9.96. The highest BCUT2D eigenvalue weighted by Crippen LogP contribution is 2.26. The van der Waals surface area contributed by atoms with Crippen molar-refractivity contribution in [2.24, 2.45) is 0 Å². The van der Waals surface area contributed by atoms with E-state index in [2.05, 4.69) is 59.2 Å². The van der Waals surface area contributed by atoms with Crippen LogP contribution in [0.2, 0.25) is 5.02 Å². The maximum Gasteiger partial charge on any atom is 0.0674 e. The van der Waals surface area contributed by atoms with Crippen LogP contribution >= 0.6 is 11.6 Å². The lowest BCUT2D eigenvalue weighted by molar-refractivity contribution is -0.0798. The summed E-state index contributed by atoms with van der Waals surface area (Å²) in [6, 6.07) is 20.3. The van der Waals surface area contributed by atoms with E-state index in [1.54, 1.807) is 0 Å². The molecule has 150 valence electrons. The Morgan fingerprint density at radius 1 is 0.964 bits per heavy atom. The average molecular weight is 399 g/mol. The van der Waals surface area contributed by atoms with E-state index in [0.29, 0.717) is 18.2 Å². The van der Waals surface area contributed by atoms with Gasteiger partial charge in [0.05, 0.1) is 12.7 Å². The molecule has 2 heterocycles. The van der Waals surface area contributed by atoms with Crippen LogP contribution in [-0.2, 0) is 17.7 Å². The molecule has 2 fully saturated rings. The van der Waals surface area contributed by atoms with Gasteiger partial charge in [0.1, 0.15) is 0 Å². The van der Waals surface area contributed by atoms with Gasteiger partial charge in [0, 0.05) is 30.2 Å². The first-order valence-corrected chi connectivity index (χ1v) is 10.9. The summed E-state index contributed by atoms with van der Waals surface area (Å²) >= 11 is 6.06. The molecule has 0 saturated carbocycles. The van der Waals surface area contributed by atoms with Gasteiger partial charge in [0.15, 0.2) is 0 Å². The molecule has 2 saturated heterocycles. The zero-order valence-corrected chi connectivity index (χ0v) is 17.5. The van der Waals surface area contributed by atoms with E-state index in [9.17, 15) is 0 Å². The Kier molecular flexibility index (Phi) is 6.69. The van der Waals surface area contributed by atoms with Crippen LogP contribution in [0.1, 0.15) is 30.9 Å². The second kappa shape index (κ2) is 9.41. The fraction of sp³-hybridized carbons (Fsp3) is 0.500. The van der Waals surface area contributed by atoms with Gasteiger partial charge in [-0.2, -0.15) is 0 Å². The number of benzene rings is 2. The molecule has 0 bridgehead atoms. The van der Waals surface area contributed by atoms with E-state index < -0.39 is 0 Å². The molecule has 2 aromatic carbocycles. The Bertz CT molecular complexity index is 728. The summed E-state index contributed by atoms with van der Waals surface area (Å²) in [5, 5.41) is 0.805. The first-order chi connectivity index (χ1) is 13.7. The second-order valence-electron chi connectivity index (χ2n) is 8.32. The van der Waals surface area contributed by atoms with E-state index in [4.69, 9.17) is 16.3 Å². The number of halogens is 1. The van der Waals surface area contributed by atoms with Gasteiger partial charge in [-0.15, -0.1) is 0 Å². The Morgan fingerprint density at radius 3 is 2.39 bits per heavy atom. The molecule has 4 rings (SSSR count). The monoisotopic (exact) mass is 398 g/mol. The fourth-order valence-electron chi connectivity index (χ4n) is 4.64. The Balaban J connectivity index is 1.36. The van der Waals surface area contributed by atoms with E-state index in [1.165, 1.54) is 37.1 Å². The van der Waals surface area contributed by atoms with Crippen molar-refractivity contribution in [2.45, 2.75) is 50.9 Å². The van der Waals surface area contributed by atoms with E-state index >= 15 is 0 Å². The molecular formula is C24H31ClN2O. The Hall–Kier alpha value is -1.39. The van der Waals surface area contributed by atoms with Crippen LogP contribution in [0.25, 0.3) is 0 Å². The van der Waals surface area contributed by atoms with Crippen LogP contribution in [0.15, 0.2) is 54.6 Å². The van der Waals surface area contributed by atoms with Crippen LogP contribution in [0.4, 0.5) is 0 Å². The number of piperidine rings is 1. The first kappa shape index (κ1) is 19.9. The average Bonchev–Trinajstić information content (AvgIpc) is 2.72. The molecule has 3 nitrogen and oxygen atoms in total. The number of likely N-dealkylation sites (tertiary alicyclic amines) is 1. The molecular weight excluding hydrogens is 368 g/mol. The maximum atomic E-state index is 6.06. The molecule has 2 aliphatic rings. The van der Waals surface area contributed by atoms with Crippen molar-refractivity contribution in [2.75, 3.05) is 26.2 Å². The summed E-state index contributed by atoms with van der Waals surface area (Å²) in [5.41, 5.74) is 2.76. The van der Waals surface area contributed by atoms with E-state index in [1.807, 2.05) is 12.1 Å². The molecule has 2 atom stereocenters. The topological polar surface area (TPSA) is 15.7 Å². The molecule has 0 aromatic heterocycles. The summed E-state index contributed by atoms with van der Waals surface area (Å²) in [6.45, 7) is 7.50. The lowest BCUT2D eigenvalue weighted by Gasteiger charge is -2.46. The molecule has 0 amide bonds. The van der Waals surface area contributed by atoms with Gasteiger partial charge in [-0.25, -0.2) is 0 Å². The molecule has 2 aliphatic heterocycles. The van der Waals surface area contributed by atoms with E-state index in [0.717, 1.165) is 31.1 Å². The van der Waals surface area contributed by atoms with Gasteiger partial charge in [0.2, 0.25) is 0 Å². The number of ether oxygens (including phenoxy) is 1. The number of rotatable bonds is 5. The van der Waals surface area contributed by atoms with Crippen molar-refractivity contribution in [3.8, 4) is 0 Å². The van der Waals surface area contributed by atoms with Gasteiger partial charge in [-0.1, -0.05) is 54.1 Å². The summed E-state index contributed by atoms with van der Waals surface area (Å²) in [7, 11) is 0. The summed E-state index contributed by atoms with van der Waals surface area (Å²) in [4.78, 5) is 5.34. The van der Waals surface area contributed by atoms with Crippen molar-refractivity contribution < 1.29 is 4.74 Å². The zero-order chi connectivity index (χ0) is 19.3. The van der Waals surface area contributed by atoms with Gasteiger partial charge < -0.3 is 4.74 Å². The van der Waals surface area contributed by atoms with Gasteiger partial charge in [-0.05, 0) is 62.5 Å². The molecule has 2 aromatic rings. The minimum Gasteiger partial charge on any atom is -0.376 e. The normalized spacial score (nSPS) is 25.1. The molecule has 0 N–H and O–H groups in total. The summed E-state index contributed by atoms with van der Waals surface area (Å²) in [6.07, 6.45) is 3.85. The highest BCUT2D eigenvalue weighted by atomic mass is 35.5. The predicted octanol–water partition coefficient (Wildman–Crippen LogP) is 4.64. The molecule has 0 radical (unpaired) electrons. The van der Waals surface area contributed by atoms with Crippen LogP contribution in [0, 0.1) is 0 Å². The lowest BCUT2D eigenvalue weighted by Crippen LogP contribution is -2.56. The van der Waals surface area contributed by atoms with E-state index in [-0.39, 0.29) is 0 Å². The van der Waals surface area contributed by atoms with Crippen LogP contribution in [-0.4, -0.2) is 54.2 Å². The smallest absolute Gasteiger partial charge is 0.0674 e. The predicted molar refractivity (Wildman–Crippen MR) is 116 cm³/mol. The van der Waals surface area contributed by atoms with Gasteiger partial charge >= 0.3 is 0 Å². The number of morpholine rings is 1. The molecule has 2 unspecified atom stereocenters. The highest BCUT2D eigenvalue weighted by molar-refractivity contribution is 6.30. The highest BCUT2D eigenvalue weighted by Gasteiger charge is 2.34. The van der Waals surface area contributed by atoms with Crippen molar-refractivity contribution >= 4 is 11.6 Å². The summed E-state index contributed by atoms with van der Waals surface area (Å²) < 4.78 is 6.03. The first-order valence-electron chi connectivity index (χ1n) is 10.6. The number of nitrogens with zero attached hydrogens (tertiary/aromatic N) is 2. The number of hydrogen-bond acceptors (Lipinski definition) is 3. The van der Waals surface area contributed by atoms with Crippen molar-refractivity contribution in [1.29, 1.82) is 0 Å². The Labute approximate surface area is 174 Å². The van der Waals surface area contributed by atoms with Crippen LogP contribution in [0.5, 0.6) is 0 Å². The largest absolute Gasteiger partial charge is 0.376 e. The molecule has 4 heteroatoms. The zero-order valence-electron chi connectivity index (χ0n) is 16.8. The van der Waals surface area contributed by atoms with Crippen LogP contribution < -0.4 is 0 Å². The number of hydrogen-bond donors (Lipinski definition) is 0. The van der Waals surface area contributed by atoms with Gasteiger partial charge in [-0.3, -0.25) is 9.80 Å². The minimum absolute atomic E-state index is 0.323. The third-order valence-corrected chi connectivity index (χ3v) is 6.42. The molecule has 28 heavy (non-hydrogen) atoms. The molecule has 0 aliphatic carbocycles. The quantitative estimate of drug-likeness (QED) is 0.729. The Morgan fingerprint density at radius 2 is 1.68 bits per heavy atom. The maximum absolute atomic E-state index is 6.06. The van der Waals surface area contributed by atoms with Gasteiger partial charge in [0.25, 0.3) is 0 Å². The third kappa shape index (κ3) is 5.15.